The molecular formula is C14H17NO3. The summed E-state index contributed by atoms with van der Waals surface area (Å²) in [5, 5.41) is 10.0. The molecule has 0 saturated carbocycles. The molecule has 0 aliphatic rings. The van der Waals surface area contributed by atoms with E-state index in [1.807, 2.05) is 36.6 Å². The van der Waals surface area contributed by atoms with Gasteiger partial charge in [-0.1, -0.05) is 11.6 Å². The van der Waals surface area contributed by atoms with Crippen LogP contribution in [0.2, 0.25) is 0 Å². The standard InChI is InChI=1S/C14H17NO3/c1-9-4-5-12-11(8-9)13(14(17)18-3)10(2)15(12)6-7-16/h4-5,8,16H,6-7H2,1-3H3. The highest BCUT2D eigenvalue weighted by Crippen LogP contribution is 2.27. The van der Waals surface area contributed by atoms with E-state index in [-0.39, 0.29) is 12.6 Å². The highest BCUT2D eigenvalue weighted by atomic mass is 16.5. The first-order valence-electron chi connectivity index (χ1n) is 5.88. The van der Waals surface area contributed by atoms with Gasteiger partial charge in [0.1, 0.15) is 0 Å². The molecule has 4 heteroatoms. The number of rotatable bonds is 3. The normalized spacial score (nSPS) is 10.9. The van der Waals surface area contributed by atoms with Crippen LogP contribution in [0.15, 0.2) is 18.2 Å². The summed E-state index contributed by atoms with van der Waals surface area (Å²) in [5.41, 5.74) is 3.46. The number of nitrogens with zero attached hydrogens (tertiary/aromatic N) is 1. The number of carbonyl (C=O) groups excluding carboxylic acids is 1. The van der Waals surface area contributed by atoms with E-state index in [0.717, 1.165) is 22.2 Å². The van der Waals surface area contributed by atoms with Crippen LogP contribution < -0.4 is 0 Å². The van der Waals surface area contributed by atoms with E-state index in [4.69, 9.17) is 9.84 Å². The van der Waals surface area contributed by atoms with Gasteiger partial charge in [0.05, 0.1) is 19.3 Å². The van der Waals surface area contributed by atoms with Crippen LogP contribution in [0, 0.1) is 13.8 Å². The Kier molecular flexibility index (Phi) is 3.39. The van der Waals surface area contributed by atoms with E-state index in [1.165, 1.54) is 7.11 Å². The molecule has 4 nitrogen and oxygen atoms in total. The predicted octanol–water partition coefficient (Wildman–Crippen LogP) is 2.04. The lowest BCUT2D eigenvalue weighted by atomic mass is 10.1. The molecule has 0 atom stereocenters. The number of fused-ring (bicyclic) bond motifs is 1. The van der Waals surface area contributed by atoms with Gasteiger partial charge in [0.15, 0.2) is 0 Å². The molecule has 0 spiro atoms. The van der Waals surface area contributed by atoms with Gasteiger partial charge in [-0.05, 0) is 26.0 Å². The van der Waals surface area contributed by atoms with Crippen molar-refractivity contribution < 1.29 is 14.6 Å². The molecule has 0 bridgehead atoms. The molecule has 96 valence electrons. The number of benzene rings is 1. The van der Waals surface area contributed by atoms with Crippen LogP contribution in [0.3, 0.4) is 0 Å². The van der Waals surface area contributed by atoms with Crippen molar-refractivity contribution in [3.8, 4) is 0 Å². The molecule has 1 N–H and O–H groups in total. The quantitative estimate of drug-likeness (QED) is 0.844. The highest BCUT2D eigenvalue weighted by molar-refractivity contribution is 6.06. The molecule has 0 unspecified atom stereocenters. The minimum absolute atomic E-state index is 0.0408. The van der Waals surface area contributed by atoms with Crippen molar-refractivity contribution in [2.24, 2.45) is 0 Å². The molecular weight excluding hydrogens is 230 g/mol. The fraction of sp³-hybridized carbons (Fsp3) is 0.357. The van der Waals surface area contributed by atoms with E-state index >= 15 is 0 Å². The monoisotopic (exact) mass is 247 g/mol. The molecule has 1 heterocycles. The van der Waals surface area contributed by atoms with Gasteiger partial charge < -0.3 is 14.4 Å². The average Bonchev–Trinajstić information content (AvgIpc) is 2.62. The molecule has 1 aromatic carbocycles. The number of ether oxygens (including phenoxy) is 1. The molecule has 0 saturated heterocycles. The third-order valence-electron chi connectivity index (χ3n) is 3.19. The number of hydrogen-bond donors (Lipinski definition) is 1. The summed E-state index contributed by atoms with van der Waals surface area (Å²) in [6.07, 6.45) is 0. The van der Waals surface area contributed by atoms with Crippen molar-refractivity contribution in [1.82, 2.24) is 4.57 Å². The van der Waals surface area contributed by atoms with Crippen molar-refractivity contribution in [1.29, 1.82) is 0 Å². The Balaban J connectivity index is 2.78. The first-order chi connectivity index (χ1) is 8.60. The lowest BCUT2D eigenvalue weighted by molar-refractivity contribution is 0.0601. The molecule has 0 aliphatic heterocycles. The zero-order chi connectivity index (χ0) is 13.3. The summed E-state index contributed by atoms with van der Waals surface area (Å²) >= 11 is 0. The van der Waals surface area contributed by atoms with Gasteiger partial charge in [-0.3, -0.25) is 0 Å². The van der Waals surface area contributed by atoms with Crippen LogP contribution in [0.4, 0.5) is 0 Å². The Bertz CT molecular complexity index is 599. The van der Waals surface area contributed by atoms with Crippen LogP contribution in [0.1, 0.15) is 21.6 Å². The van der Waals surface area contributed by atoms with Crippen LogP contribution in [0.25, 0.3) is 10.9 Å². The number of aryl methyl sites for hydroxylation is 1. The Labute approximate surface area is 106 Å². The lowest BCUT2D eigenvalue weighted by Gasteiger charge is -2.05. The summed E-state index contributed by atoms with van der Waals surface area (Å²) in [6.45, 7) is 4.37. The maximum atomic E-state index is 11.9. The lowest BCUT2D eigenvalue weighted by Crippen LogP contribution is -2.07. The van der Waals surface area contributed by atoms with Gasteiger partial charge in [-0.15, -0.1) is 0 Å². The Hall–Kier alpha value is -1.81. The third kappa shape index (κ3) is 1.88. The van der Waals surface area contributed by atoms with E-state index in [1.54, 1.807) is 0 Å². The Morgan fingerprint density at radius 1 is 1.39 bits per heavy atom. The fourth-order valence-electron chi connectivity index (χ4n) is 2.34. The van der Waals surface area contributed by atoms with E-state index in [9.17, 15) is 4.79 Å². The molecule has 0 radical (unpaired) electrons. The van der Waals surface area contributed by atoms with Gasteiger partial charge in [0, 0.05) is 23.1 Å². The van der Waals surface area contributed by atoms with Crippen molar-refractivity contribution in [2.75, 3.05) is 13.7 Å². The molecule has 2 aromatic rings. The van der Waals surface area contributed by atoms with Gasteiger partial charge in [-0.25, -0.2) is 4.79 Å². The zero-order valence-corrected chi connectivity index (χ0v) is 10.9. The van der Waals surface area contributed by atoms with Crippen molar-refractivity contribution in [3.63, 3.8) is 0 Å². The fourth-order valence-corrected chi connectivity index (χ4v) is 2.34. The van der Waals surface area contributed by atoms with Crippen molar-refractivity contribution >= 4 is 16.9 Å². The van der Waals surface area contributed by atoms with E-state index in [2.05, 4.69) is 0 Å². The van der Waals surface area contributed by atoms with Crippen molar-refractivity contribution in [3.05, 3.63) is 35.0 Å². The molecule has 1 aromatic heterocycles. The first-order valence-corrected chi connectivity index (χ1v) is 5.88. The Morgan fingerprint density at radius 2 is 2.11 bits per heavy atom. The largest absolute Gasteiger partial charge is 0.465 e. The van der Waals surface area contributed by atoms with Crippen LogP contribution >= 0.6 is 0 Å². The second-order valence-corrected chi connectivity index (χ2v) is 4.35. The third-order valence-corrected chi connectivity index (χ3v) is 3.19. The topological polar surface area (TPSA) is 51.5 Å². The minimum Gasteiger partial charge on any atom is -0.465 e. The highest BCUT2D eigenvalue weighted by Gasteiger charge is 2.20. The number of aromatic nitrogens is 1. The first kappa shape index (κ1) is 12.6. The van der Waals surface area contributed by atoms with Crippen molar-refractivity contribution in [2.45, 2.75) is 20.4 Å². The summed E-state index contributed by atoms with van der Waals surface area (Å²) in [7, 11) is 1.38. The number of carbonyl (C=O) groups is 1. The minimum atomic E-state index is -0.334. The smallest absolute Gasteiger partial charge is 0.340 e. The number of methoxy groups -OCH3 is 1. The van der Waals surface area contributed by atoms with Crippen LogP contribution in [-0.2, 0) is 11.3 Å². The number of aliphatic hydroxyl groups is 1. The van der Waals surface area contributed by atoms with Gasteiger partial charge in [0.25, 0.3) is 0 Å². The number of esters is 1. The maximum absolute atomic E-state index is 11.9. The average molecular weight is 247 g/mol. The number of aliphatic hydroxyl groups excluding tert-OH is 1. The second kappa shape index (κ2) is 4.82. The van der Waals surface area contributed by atoms with E-state index < -0.39 is 0 Å². The van der Waals surface area contributed by atoms with Gasteiger partial charge in [-0.2, -0.15) is 0 Å². The summed E-state index contributed by atoms with van der Waals surface area (Å²) in [5.74, 6) is -0.334. The summed E-state index contributed by atoms with van der Waals surface area (Å²) in [4.78, 5) is 11.9. The summed E-state index contributed by atoms with van der Waals surface area (Å²) < 4.78 is 6.79. The molecule has 0 aliphatic carbocycles. The van der Waals surface area contributed by atoms with Gasteiger partial charge in [0.2, 0.25) is 0 Å². The van der Waals surface area contributed by atoms with Crippen LogP contribution in [0.5, 0.6) is 0 Å². The van der Waals surface area contributed by atoms with Gasteiger partial charge >= 0.3 is 5.97 Å². The zero-order valence-electron chi connectivity index (χ0n) is 10.9. The molecule has 0 amide bonds. The predicted molar refractivity (Wildman–Crippen MR) is 69.8 cm³/mol. The number of hydrogen-bond acceptors (Lipinski definition) is 3. The molecule has 0 fully saturated rings. The molecule has 18 heavy (non-hydrogen) atoms. The van der Waals surface area contributed by atoms with Crippen LogP contribution in [-0.4, -0.2) is 29.4 Å². The van der Waals surface area contributed by atoms with E-state index in [0.29, 0.717) is 12.1 Å². The molecule has 2 rings (SSSR count). The second-order valence-electron chi connectivity index (χ2n) is 4.35. The summed E-state index contributed by atoms with van der Waals surface area (Å²) in [6, 6.07) is 5.94. The maximum Gasteiger partial charge on any atom is 0.340 e. The SMILES string of the molecule is COC(=O)c1c(C)n(CCO)c2ccc(C)cc12. The Morgan fingerprint density at radius 3 is 2.72 bits per heavy atom.